The molecule has 0 fully saturated rings. The van der Waals surface area contributed by atoms with Gasteiger partial charge in [-0.2, -0.15) is 0 Å². The smallest absolute Gasteiger partial charge is 0.191 e. The van der Waals surface area contributed by atoms with Crippen molar-refractivity contribution < 1.29 is 4.39 Å². The minimum Gasteiger partial charge on any atom is -0.366 e. The van der Waals surface area contributed by atoms with Gasteiger partial charge in [0.05, 0.1) is 0 Å². The fraction of sp³-hybridized carbons (Fsp3) is 0.167. The average Bonchev–Trinajstić information content (AvgIpc) is 2.44. The minimum absolute atomic E-state index is 0.254. The maximum absolute atomic E-state index is 13.0. The summed E-state index contributed by atoms with van der Waals surface area (Å²) in [4.78, 5) is 8.44. The van der Waals surface area contributed by atoms with E-state index in [9.17, 15) is 4.39 Å². The summed E-state index contributed by atoms with van der Waals surface area (Å²) in [5.41, 5.74) is 3.32. The van der Waals surface area contributed by atoms with Crippen LogP contribution in [0.4, 0.5) is 16.0 Å². The van der Waals surface area contributed by atoms with E-state index < -0.39 is 0 Å². The van der Waals surface area contributed by atoms with Crippen LogP contribution in [-0.2, 0) is 6.54 Å². The monoisotopic (exact) mass is 279 g/mol. The number of nitrogens with one attached hydrogen (secondary N) is 2. The molecule has 0 spiro atoms. The van der Waals surface area contributed by atoms with Crippen LogP contribution in [0.25, 0.3) is 0 Å². The molecule has 1 aromatic carbocycles. The van der Waals surface area contributed by atoms with E-state index in [-0.39, 0.29) is 5.82 Å². The van der Waals surface area contributed by atoms with Gasteiger partial charge >= 0.3 is 0 Å². The minimum atomic E-state index is -0.254. The highest BCUT2D eigenvalue weighted by atomic mass is 32.2. The molecule has 0 aliphatic heterocycles. The zero-order chi connectivity index (χ0) is 13.7. The van der Waals surface area contributed by atoms with E-state index in [1.807, 2.05) is 12.3 Å². The number of halogens is 1. The van der Waals surface area contributed by atoms with Gasteiger partial charge in [0.25, 0.3) is 0 Å². The van der Waals surface area contributed by atoms with Gasteiger partial charge in [-0.25, -0.2) is 20.2 Å². The van der Waals surface area contributed by atoms with Crippen LogP contribution in [0.15, 0.2) is 35.5 Å². The number of aromatic nitrogens is 2. The highest BCUT2D eigenvalue weighted by molar-refractivity contribution is 7.98. The fourth-order valence-corrected chi connectivity index (χ4v) is 1.90. The Morgan fingerprint density at radius 2 is 2.05 bits per heavy atom. The van der Waals surface area contributed by atoms with Crippen LogP contribution in [0.1, 0.15) is 5.56 Å². The van der Waals surface area contributed by atoms with Gasteiger partial charge in [-0.15, -0.1) is 0 Å². The van der Waals surface area contributed by atoms with Crippen LogP contribution in [0.2, 0.25) is 0 Å². The predicted octanol–water partition coefficient (Wildman–Crippen LogP) is 2.24. The lowest BCUT2D eigenvalue weighted by Crippen LogP contribution is -2.11. The number of rotatable bonds is 5. The molecule has 0 atom stereocenters. The van der Waals surface area contributed by atoms with Crippen LogP contribution < -0.4 is 16.6 Å². The number of hydrogen-bond donors (Lipinski definition) is 3. The van der Waals surface area contributed by atoms with E-state index in [0.29, 0.717) is 23.3 Å². The number of benzene rings is 1. The molecule has 0 aliphatic rings. The highest BCUT2D eigenvalue weighted by Crippen LogP contribution is 2.17. The number of hydrazine groups is 1. The lowest BCUT2D eigenvalue weighted by molar-refractivity contribution is 0.626. The Morgan fingerprint density at radius 1 is 1.26 bits per heavy atom. The van der Waals surface area contributed by atoms with E-state index in [1.54, 1.807) is 12.1 Å². The van der Waals surface area contributed by atoms with Crippen LogP contribution in [0, 0.1) is 5.82 Å². The molecule has 5 nitrogen and oxygen atoms in total. The summed E-state index contributed by atoms with van der Waals surface area (Å²) in [6.07, 6.45) is 1.88. The Morgan fingerprint density at radius 3 is 2.74 bits per heavy atom. The maximum Gasteiger partial charge on any atom is 0.191 e. The van der Waals surface area contributed by atoms with Crippen LogP contribution in [-0.4, -0.2) is 16.2 Å². The first-order valence-corrected chi connectivity index (χ1v) is 6.82. The highest BCUT2D eigenvalue weighted by Gasteiger charge is 2.03. The van der Waals surface area contributed by atoms with Crippen molar-refractivity contribution in [2.24, 2.45) is 5.84 Å². The zero-order valence-electron chi connectivity index (χ0n) is 10.4. The van der Waals surface area contributed by atoms with Gasteiger partial charge in [-0.1, -0.05) is 23.9 Å². The molecular weight excluding hydrogens is 265 g/mol. The summed E-state index contributed by atoms with van der Waals surface area (Å²) in [5, 5.41) is 3.72. The molecular formula is C12H14FN5S. The Bertz CT molecular complexity index is 541. The first-order valence-electron chi connectivity index (χ1n) is 5.59. The number of nitrogens with two attached hydrogens (primary N) is 1. The number of hydrogen-bond acceptors (Lipinski definition) is 6. The molecule has 1 heterocycles. The average molecular weight is 279 g/mol. The van der Waals surface area contributed by atoms with Crippen molar-refractivity contribution in [2.75, 3.05) is 17.0 Å². The second-order valence-corrected chi connectivity index (χ2v) is 4.53. The van der Waals surface area contributed by atoms with Gasteiger partial charge in [-0.3, -0.25) is 0 Å². The van der Waals surface area contributed by atoms with Gasteiger partial charge in [0, 0.05) is 12.6 Å². The third kappa shape index (κ3) is 3.80. The molecule has 0 bridgehead atoms. The molecule has 7 heteroatoms. The summed E-state index contributed by atoms with van der Waals surface area (Å²) in [6.45, 7) is 0.479. The van der Waals surface area contributed by atoms with Crippen molar-refractivity contribution in [1.82, 2.24) is 9.97 Å². The van der Waals surface area contributed by atoms with Crippen LogP contribution in [0.3, 0.4) is 0 Å². The molecule has 2 rings (SSSR count). The van der Waals surface area contributed by atoms with E-state index in [1.165, 1.54) is 23.9 Å². The molecule has 19 heavy (non-hydrogen) atoms. The molecule has 0 saturated heterocycles. The summed E-state index contributed by atoms with van der Waals surface area (Å²) in [6, 6.07) is 8.10. The standard InChI is InChI=1S/C12H14FN5S/c1-19-12-16-10(6-11(17-12)18-14)15-7-8-3-2-4-9(13)5-8/h2-6H,7,14H2,1H3,(H2,15,16,17,18). The fourth-order valence-electron chi connectivity index (χ4n) is 1.52. The number of nitrogens with zero attached hydrogens (tertiary/aromatic N) is 2. The molecule has 0 unspecified atom stereocenters. The van der Waals surface area contributed by atoms with Crippen molar-refractivity contribution in [3.05, 3.63) is 41.7 Å². The van der Waals surface area contributed by atoms with E-state index >= 15 is 0 Å². The molecule has 4 N–H and O–H groups in total. The summed E-state index contributed by atoms with van der Waals surface area (Å²) < 4.78 is 13.0. The number of thioether (sulfide) groups is 1. The Kier molecular flexibility index (Phi) is 4.53. The van der Waals surface area contributed by atoms with E-state index in [2.05, 4.69) is 20.7 Å². The third-order valence-electron chi connectivity index (χ3n) is 2.40. The lowest BCUT2D eigenvalue weighted by atomic mass is 10.2. The van der Waals surface area contributed by atoms with Gasteiger partial charge in [0.15, 0.2) is 5.16 Å². The SMILES string of the molecule is CSc1nc(NN)cc(NCc2cccc(F)c2)n1. The third-order valence-corrected chi connectivity index (χ3v) is 2.95. The van der Waals surface area contributed by atoms with Gasteiger partial charge < -0.3 is 10.7 Å². The quantitative estimate of drug-likeness (QED) is 0.337. The second-order valence-electron chi connectivity index (χ2n) is 3.75. The van der Waals surface area contributed by atoms with E-state index in [4.69, 9.17) is 5.84 Å². The van der Waals surface area contributed by atoms with Crippen molar-refractivity contribution in [1.29, 1.82) is 0 Å². The van der Waals surface area contributed by atoms with Gasteiger partial charge in [0.1, 0.15) is 17.5 Å². The summed E-state index contributed by atoms with van der Waals surface area (Å²) in [7, 11) is 0. The van der Waals surface area contributed by atoms with Crippen molar-refractivity contribution >= 4 is 23.4 Å². The molecule has 0 aliphatic carbocycles. The van der Waals surface area contributed by atoms with Crippen LogP contribution in [0.5, 0.6) is 0 Å². The zero-order valence-corrected chi connectivity index (χ0v) is 11.2. The molecule has 1 aromatic heterocycles. The van der Waals surface area contributed by atoms with Gasteiger partial charge in [-0.05, 0) is 24.0 Å². The lowest BCUT2D eigenvalue weighted by Gasteiger charge is -2.08. The molecule has 0 radical (unpaired) electrons. The van der Waals surface area contributed by atoms with Gasteiger partial charge in [0.2, 0.25) is 0 Å². The summed E-state index contributed by atoms with van der Waals surface area (Å²) in [5.74, 6) is 6.25. The molecule has 0 amide bonds. The maximum atomic E-state index is 13.0. The number of anilines is 2. The van der Waals surface area contributed by atoms with E-state index in [0.717, 1.165) is 5.56 Å². The summed E-state index contributed by atoms with van der Waals surface area (Å²) >= 11 is 1.42. The molecule has 0 saturated carbocycles. The Balaban J connectivity index is 2.10. The first-order chi connectivity index (χ1) is 9.21. The molecule has 100 valence electrons. The predicted molar refractivity (Wildman–Crippen MR) is 75.3 cm³/mol. The molecule has 2 aromatic rings. The normalized spacial score (nSPS) is 10.3. The Hall–Kier alpha value is -1.86. The van der Waals surface area contributed by atoms with Crippen molar-refractivity contribution in [3.63, 3.8) is 0 Å². The van der Waals surface area contributed by atoms with Crippen LogP contribution >= 0.6 is 11.8 Å². The Labute approximate surface area is 114 Å². The topological polar surface area (TPSA) is 75.9 Å². The largest absolute Gasteiger partial charge is 0.366 e. The second kappa shape index (κ2) is 6.35. The van der Waals surface area contributed by atoms with Crippen molar-refractivity contribution in [3.8, 4) is 0 Å². The number of nitrogen functional groups attached to an aromatic ring is 1. The van der Waals surface area contributed by atoms with Crippen molar-refractivity contribution in [2.45, 2.75) is 11.7 Å². The first kappa shape index (κ1) is 13.6.